The maximum atomic E-state index is 8.88. The molecule has 0 aliphatic heterocycles. The Morgan fingerprint density at radius 2 is 1.84 bits per heavy atom. The summed E-state index contributed by atoms with van der Waals surface area (Å²) in [6, 6.07) is 1.78. The summed E-state index contributed by atoms with van der Waals surface area (Å²) < 4.78 is 31.7. The number of benzene rings is 2. The quantitative estimate of drug-likeness (QED) is 0.796. The number of rotatable bonds is 2. The minimum atomic E-state index is -0.394. The van der Waals surface area contributed by atoms with Crippen LogP contribution in [0.15, 0.2) is 30.2 Å². The van der Waals surface area contributed by atoms with Gasteiger partial charge in [-0.2, -0.15) is 5.26 Å². The molecule has 0 amide bonds. The van der Waals surface area contributed by atoms with Gasteiger partial charge in [-0.25, -0.2) is 0 Å². The first-order chi connectivity index (χ1) is 10.7. The van der Waals surface area contributed by atoms with Crippen molar-refractivity contribution >= 4 is 40.5 Å². The average molecular weight is 316 g/mol. The fourth-order valence-electron chi connectivity index (χ4n) is 1.60. The Kier molecular flexibility index (Phi) is 2.85. The van der Waals surface area contributed by atoms with Crippen molar-refractivity contribution in [1.82, 2.24) is 0 Å². The number of halogens is 3. The molecule has 0 aliphatic carbocycles. The van der Waals surface area contributed by atoms with Crippen LogP contribution < -0.4 is 5.73 Å². The number of anilines is 1. The molecule has 0 saturated heterocycles. The maximum absolute atomic E-state index is 8.88. The molecule has 0 atom stereocenters. The minimum Gasteiger partial charge on any atom is -0.398 e. The first-order valence-corrected chi connectivity index (χ1v) is 6.25. The van der Waals surface area contributed by atoms with Crippen molar-refractivity contribution in [1.29, 1.82) is 5.26 Å². The normalized spacial score (nSPS) is 13.2. The molecule has 0 spiro atoms. The number of hydrogen-bond acceptors (Lipinski definition) is 2. The molecule has 0 heterocycles. The molecule has 0 saturated carbocycles. The van der Waals surface area contributed by atoms with Gasteiger partial charge in [-0.05, 0) is 23.7 Å². The Morgan fingerprint density at radius 1 is 1.21 bits per heavy atom. The molecule has 96 valence electrons. The standard InChI is InChI=1S/C14H9Cl3N2/c15-9-3-1-8(2-4-9)13-12(19)7-11(16)10(5-6-18)14(13)17/h1-4,7H,5,19H2/i1D,2D,3D,4D. The van der Waals surface area contributed by atoms with Crippen molar-refractivity contribution in [2.24, 2.45) is 0 Å². The molecule has 0 fully saturated rings. The van der Waals surface area contributed by atoms with Gasteiger partial charge in [0.15, 0.2) is 0 Å². The molecule has 0 aliphatic rings. The minimum absolute atomic E-state index is 0.0275. The third-order valence-electron chi connectivity index (χ3n) is 2.44. The van der Waals surface area contributed by atoms with Gasteiger partial charge in [0, 0.05) is 26.9 Å². The van der Waals surface area contributed by atoms with Crippen molar-refractivity contribution in [2.75, 3.05) is 5.73 Å². The summed E-state index contributed by atoms with van der Waals surface area (Å²) in [7, 11) is 0. The van der Waals surface area contributed by atoms with Crippen LogP contribution >= 0.6 is 34.8 Å². The molecule has 2 aromatic rings. The number of nitrogens with zero attached hydrogens (tertiary/aromatic N) is 1. The third-order valence-corrected chi connectivity index (χ3v) is 3.39. The molecular formula is C14H9Cl3N2. The van der Waals surface area contributed by atoms with E-state index in [9.17, 15) is 0 Å². The van der Waals surface area contributed by atoms with Crippen LogP contribution in [0, 0.1) is 11.3 Å². The summed E-state index contributed by atoms with van der Waals surface area (Å²) in [5, 5.41) is 8.82. The van der Waals surface area contributed by atoms with Gasteiger partial charge in [0.1, 0.15) is 0 Å². The van der Waals surface area contributed by atoms with E-state index >= 15 is 0 Å². The van der Waals surface area contributed by atoms with Crippen molar-refractivity contribution in [3.8, 4) is 17.2 Å². The second-order valence-corrected chi connectivity index (χ2v) is 4.80. The lowest BCUT2D eigenvalue weighted by molar-refractivity contribution is 1.26. The van der Waals surface area contributed by atoms with Crippen molar-refractivity contribution in [3.63, 3.8) is 0 Å². The number of hydrogen-bond donors (Lipinski definition) is 1. The smallest absolute Gasteiger partial charge is 0.0670 e. The van der Waals surface area contributed by atoms with Crippen molar-refractivity contribution in [3.05, 3.63) is 50.9 Å². The SMILES string of the molecule is [2H]c1c([2H])c(-c2c(N)cc(Cl)c(CC#N)c2Cl)c([2H])c([2H])c1Cl. The molecule has 0 aromatic heterocycles. The Morgan fingerprint density at radius 3 is 2.42 bits per heavy atom. The number of nitrogens with two attached hydrogens (primary N) is 1. The van der Waals surface area contributed by atoms with Crippen LogP contribution in [0.4, 0.5) is 5.69 Å². The highest BCUT2D eigenvalue weighted by molar-refractivity contribution is 6.38. The number of nitrogen functional groups attached to an aromatic ring is 1. The van der Waals surface area contributed by atoms with Crippen molar-refractivity contribution in [2.45, 2.75) is 6.42 Å². The Balaban J connectivity index is 2.94. The fourth-order valence-corrected chi connectivity index (χ4v) is 2.39. The first kappa shape index (κ1) is 9.50. The summed E-state index contributed by atoms with van der Waals surface area (Å²) in [6.07, 6.45) is -0.0827. The van der Waals surface area contributed by atoms with E-state index in [4.69, 9.17) is 51.3 Å². The van der Waals surface area contributed by atoms with Crippen LogP contribution in [0.25, 0.3) is 11.1 Å². The summed E-state index contributed by atoms with van der Waals surface area (Å²) in [5.41, 5.74) is 6.35. The summed E-state index contributed by atoms with van der Waals surface area (Å²) in [6.45, 7) is 0. The van der Waals surface area contributed by atoms with E-state index in [-0.39, 0.29) is 50.4 Å². The van der Waals surface area contributed by atoms with E-state index in [1.807, 2.05) is 6.07 Å². The summed E-state index contributed by atoms with van der Waals surface area (Å²) >= 11 is 18.1. The topological polar surface area (TPSA) is 49.8 Å². The molecule has 0 radical (unpaired) electrons. The van der Waals surface area contributed by atoms with Gasteiger partial charge in [0.05, 0.1) is 23.0 Å². The second kappa shape index (κ2) is 5.71. The third kappa shape index (κ3) is 2.79. The highest BCUT2D eigenvalue weighted by atomic mass is 35.5. The largest absolute Gasteiger partial charge is 0.398 e. The van der Waals surface area contributed by atoms with Crippen LogP contribution in [-0.2, 0) is 6.42 Å². The average Bonchev–Trinajstić information content (AvgIpc) is 2.50. The molecule has 0 unspecified atom stereocenters. The first-order valence-electron chi connectivity index (χ1n) is 7.11. The molecule has 2 N–H and O–H groups in total. The molecular weight excluding hydrogens is 303 g/mol. The van der Waals surface area contributed by atoms with Crippen LogP contribution in [0.3, 0.4) is 0 Å². The van der Waals surface area contributed by atoms with Crippen LogP contribution in [0.2, 0.25) is 15.1 Å². The lowest BCUT2D eigenvalue weighted by Crippen LogP contribution is -1.96. The van der Waals surface area contributed by atoms with E-state index in [1.54, 1.807) is 0 Å². The molecule has 19 heavy (non-hydrogen) atoms. The van der Waals surface area contributed by atoms with Crippen LogP contribution in [0.5, 0.6) is 0 Å². The van der Waals surface area contributed by atoms with Gasteiger partial charge in [0.25, 0.3) is 0 Å². The maximum Gasteiger partial charge on any atom is 0.0670 e. The predicted octanol–water partition coefficient (Wildman–Crippen LogP) is 4.96. The lowest BCUT2D eigenvalue weighted by atomic mass is 9.99. The van der Waals surface area contributed by atoms with E-state index in [0.29, 0.717) is 5.56 Å². The van der Waals surface area contributed by atoms with Gasteiger partial charge in [-0.3, -0.25) is 0 Å². The van der Waals surface area contributed by atoms with Gasteiger partial charge in [-0.15, -0.1) is 0 Å². The zero-order valence-corrected chi connectivity index (χ0v) is 11.7. The highest BCUT2D eigenvalue weighted by Crippen LogP contribution is 2.40. The Bertz CT molecular complexity index is 834. The van der Waals surface area contributed by atoms with E-state index in [2.05, 4.69) is 0 Å². The van der Waals surface area contributed by atoms with Gasteiger partial charge in [0.2, 0.25) is 0 Å². The summed E-state index contributed by atoms with van der Waals surface area (Å²) in [5.74, 6) is 0. The van der Waals surface area contributed by atoms with Gasteiger partial charge in [-0.1, -0.05) is 46.9 Å². The number of nitriles is 1. The highest BCUT2D eigenvalue weighted by Gasteiger charge is 2.15. The summed E-state index contributed by atoms with van der Waals surface area (Å²) in [4.78, 5) is 0. The van der Waals surface area contributed by atoms with E-state index in [1.165, 1.54) is 6.07 Å². The molecule has 5 heteroatoms. The van der Waals surface area contributed by atoms with E-state index < -0.39 is 12.1 Å². The van der Waals surface area contributed by atoms with E-state index in [0.717, 1.165) is 0 Å². The molecule has 2 aromatic carbocycles. The molecule has 2 rings (SSSR count). The Labute approximate surface area is 131 Å². The van der Waals surface area contributed by atoms with Crippen LogP contribution in [-0.4, -0.2) is 0 Å². The van der Waals surface area contributed by atoms with Crippen molar-refractivity contribution < 1.29 is 5.48 Å². The monoisotopic (exact) mass is 314 g/mol. The second-order valence-electron chi connectivity index (χ2n) is 3.64. The predicted molar refractivity (Wildman–Crippen MR) is 80.6 cm³/mol. The van der Waals surface area contributed by atoms with Gasteiger partial charge < -0.3 is 5.73 Å². The molecule has 2 nitrogen and oxygen atoms in total. The molecule has 0 bridgehead atoms. The zero-order chi connectivity index (χ0) is 17.5. The lowest BCUT2D eigenvalue weighted by Gasteiger charge is -2.13. The Hall–Kier alpha value is -1.40. The fraction of sp³-hybridized carbons (Fsp3) is 0.0714. The van der Waals surface area contributed by atoms with Gasteiger partial charge >= 0.3 is 0 Å². The van der Waals surface area contributed by atoms with Crippen LogP contribution in [0.1, 0.15) is 11.0 Å². The zero-order valence-electron chi connectivity index (χ0n) is 13.4.